The van der Waals surface area contributed by atoms with Gasteiger partial charge in [0.25, 0.3) is 6.04 Å². The van der Waals surface area contributed by atoms with Crippen molar-refractivity contribution in [3.8, 4) is 0 Å². The van der Waals surface area contributed by atoms with Crippen LogP contribution >= 0.6 is 0 Å². The molecular weight excluding hydrogens is 262 g/mol. The molecule has 0 unspecified atom stereocenters. The molecule has 0 N–H and O–H groups in total. The summed E-state index contributed by atoms with van der Waals surface area (Å²) in [7, 11) is 1.25. The van der Waals surface area contributed by atoms with Crippen molar-refractivity contribution in [3.05, 3.63) is 57.3 Å². The average Bonchev–Trinajstić information content (AvgIpc) is 2.46. The van der Waals surface area contributed by atoms with Crippen LogP contribution in [0.3, 0.4) is 0 Å². The van der Waals surface area contributed by atoms with Crippen LogP contribution in [0.5, 0.6) is 0 Å². The lowest BCUT2D eigenvalue weighted by Gasteiger charge is -2.28. The number of ether oxygens (including phenoxy) is 2. The van der Waals surface area contributed by atoms with Crippen molar-refractivity contribution < 1.29 is 19.2 Å². The molecule has 0 saturated heterocycles. The third kappa shape index (κ3) is 2.49. The highest BCUT2D eigenvalue weighted by molar-refractivity contribution is 5.91. The van der Waals surface area contributed by atoms with Crippen LogP contribution < -0.4 is 0 Å². The van der Waals surface area contributed by atoms with Gasteiger partial charge in [-0.1, -0.05) is 30.3 Å². The first-order valence-electron chi connectivity index (χ1n) is 6.16. The molecule has 0 spiro atoms. The van der Waals surface area contributed by atoms with Crippen molar-refractivity contribution in [2.24, 2.45) is 0 Å². The number of rotatable bonds is 3. The maximum atomic E-state index is 11.9. The molecule has 20 heavy (non-hydrogen) atoms. The maximum absolute atomic E-state index is 11.9. The Labute approximate surface area is 116 Å². The summed E-state index contributed by atoms with van der Waals surface area (Å²) in [5.74, 6) is -0.876. The number of nitro groups is 1. The molecule has 0 fully saturated rings. The number of nitrogens with zero attached hydrogens (tertiary/aromatic N) is 1. The molecule has 1 aromatic carbocycles. The molecule has 0 saturated carbocycles. The molecule has 6 heteroatoms. The van der Waals surface area contributed by atoms with E-state index >= 15 is 0 Å². The van der Waals surface area contributed by atoms with Crippen LogP contribution in [0.25, 0.3) is 0 Å². The molecule has 2 atom stereocenters. The predicted molar refractivity (Wildman–Crippen MR) is 70.6 cm³/mol. The molecule has 0 amide bonds. The van der Waals surface area contributed by atoms with Crippen molar-refractivity contribution in [2.45, 2.75) is 18.9 Å². The van der Waals surface area contributed by atoms with Crippen LogP contribution in [-0.2, 0) is 14.3 Å². The highest BCUT2D eigenvalue weighted by Gasteiger charge is 2.44. The zero-order valence-electron chi connectivity index (χ0n) is 11.2. The Hall–Kier alpha value is -2.37. The summed E-state index contributed by atoms with van der Waals surface area (Å²) in [5.41, 5.74) is 0.920. The van der Waals surface area contributed by atoms with Gasteiger partial charge in [-0.15, -0.1) is 0 Å². The van der Waals surface area contributed by atoms with Crippen LogP contribution in [0.1, 0.15) is 18.4 Å². The molecule has 6 nitrogen and oxygen atoms in total. The van der Waals surface area contributed by atoms with E-state index in [-0.39, 0.29) is 12.2 Å². The van der Waals surface area contributed by atoms with Crippen LogP contribution in [0.4, 0.5) is 0 Å². The number of hydrogen-bond acceptors (Lipinski definition) is 5. The molecule has 1 aliphatic heterocycles. The number of carbonyl (C=O) groups is 1. The van der Waals surface area contributed by atoms with Gasteiger partial charge in [-0.3, -0.25) is 10.1 Å². The maximum Gasteiger partial charge on any atom is 0.338 e. The Balaban J connectivity index is 2.54. The summed E-state index contributed by atoms with van der Waals surface area (Å²) in [6, 6.07) is 7.91. The first kappa shape index (κ1) is 14.0. The highest BCUT2D eigenvalue weighted by atomic mass is 16.6. The largest absolute Gasteiger partial charge is 0.490 e. The van der Waals surface area contributed by atoms with E-state index in [0.717, 1.165) is 0 Å². The fourth-order valence-corrected chi connectivity index (χ4v) is 2.41. The van der Waals surface area contributed by atoms with Gasteiger partial charge < -0.3 is 9.47 Å². The molecule has 106 valence electrons. The number of methoxy groups -OCH3 is 1. The normalized spacial score (nSPS) is 22.1. The molecule has 1 aliphatic rings. The fourth-order valence-electron chi connectivity index (χ4n) is 2.41. The molecular formula is C14H15NO5. The van der Waals surface area contributed by atoms with Crippen molar-refractivity contribution in [2.75, 3.05) is 13.7 Å². The Bertz CT molecular complexity index is 552. The van der Waals surface area contributed by atoms with Gasteiger partial charge in [0.2, 0.25) is 0 Å². The molecule has 0 aliphatic carbocycles. The predicted octanol–water partition coefficient (Wildman–Crippen LogP) is 1.89. The lowest BCUT2D eigenvalue weighted by atomic mass is 9.83. The molecule has 2 rings (SSSR count). The molecule has 1 aromatic rings. The second-order valence-electron chi connectivity index (χ2n) is 4.51. The van der Waals surface area contributed by atoms with E-state index in [2.05, 4.69) is 0 Å². The summed E-state index contributed by atoms with van der Waals surface area (Å²) in [6.45, 7) is 1.57. The van der Waals surface area contributed by atoms with E-state index in [9.17, 15) is 14.9 Å². The third-order valence-corrected chi connectivity index (χ3v) is 3.38. The van der Waals surface area contributed by atoms with Gasteiger partial charge in [0.05, 0.1) is 18.6 Å². The van der Waals surface area contributed by atoms with Gasteiger partial charge in [-0.2, -0.15) is 0 Å². The molecule has 0 radical (unpaired) electrons. The van der Waals surface area contributed by atoms with E-state index in [0.29, 0.717) is 11.3 Å². The van der Waals surface area contributed by atoms with E-state index in [1.54, 1.807) is 31.2 Å². The van der Waals surface area contributed by atoms with Gasteiger partial charge in [-0.25, -0.2) is 4.79 Å². The van der Waals surface area contributed by atoms with Crippen LogP contribution in [-0.4, -0.2) is 30.7 Å². The lowest BCUT2D eigenvalue weighted by Crippen LogP contribution is -2.39. The Morgan fingerprint density at radius 3 is 2.60 bits per heavy atom. The Morgan fingerprint density at radius 2 is 2.05 bits per heavy atom. The van der Waals surface area contributed by atoms with E-state index < -0.39 is 22.9 Å². The highest BCUT2D eigenvalue weighted by Crippen LogP contribution is 2.36. The summed E-state index contributed by atoms with van der Waals surface area (Å²) < 4.78 is 10.0. The van der Waals surface area contributed by atoms with E-state index in [1.165, 1.54) is 7.11 Å². The van der Waals surface area contributed by atoms with Crippen molar-refractivity contribution in [3.63, 3.8) is 0 Å². The van der Waals surface area contributed by atoms with Crippen molar-refractivity contribution in [1.82, 2.24) is 0 Å². The van der Waals surface area contributed by atoms with Crippen molar-refractivity contribution >= 4 is 5.97 Å². The van der Waals surface area contributed by atoms with Gasteiger partial charge in [-0.05, 0) is 12.5 Å². The first-order chi connectivity index (χ1) is 9.56. The van der Waals surface area contributed by atoms with Crippen molar-refractivity contribution in [1.29, 1.82) is 0 Å². The zero-order chi connectivity index (χ0) is 14.7. The summed E-state index contributed by atoms with van der Waals surface area (Å²) in [6.07, 6.45) is 0. The molecule has 0 aromatic heterocycles. The van der Waals surface area contributed by atoms with E-state index in [4.69, 9.17) is 9.47 Å². The topological polar surface area (TPSA) is 78.7 Å². The quantitative estimate of drug-likeness (QED) is 0.479. The van der Waals surface area contributed by atoms with Crippen LogP contribution in [0.15, 0.2) is 41.7 Å². The fraction of sp³-hybridized carbons (Fsp3) is 0.357. The Morgan fingerprint density at radius 1 is 1.40 bits per heavy atom. The lowest BCUT2D eigenvalue weighted by molar-refractivity contribution is -0.530. The van der Waals surface area contributed by atoms with Gasteiger partial charge in [0.1, 0.15) is 5.76 Å². The number of allylic oxidation sites excluding steroid dienone is 1. The Kier molecular flexibility index (Phi) is 4.02. The number of carbonyl (C=O) groups excluding carboxylic acids is 1. The minimum atomic E-state index is -1.00. The smallest absolute Gasteiger partial charge is 0.338 e. The summed E-state index contributed by atoms with van der Waals surface area (Å²) in [5, 5.41) is 11.3. The summed E-state index contributed by atoms with van der Waals surface area (Å²) in [4.78, 5) is 22.8. The van der Waals surface area contributed by atoms with Gasteiger partial charge >= 0.3 is 5.97 Å². The number of esters is 1. The molecule has 1 heterocycles. The summed E-state index contributed by atoms with van der Waals surface area (Å²) >= 11 is 0. The van der Waals surface area contributed by atoms with Gasteiger partial charge in [0.15, 0.2) is 6.61 Å². The molecule has 0 bridgehead atoms. The number of benzene rings is 1. The van der Waals surface area contributed by atoms with E-state index in [1.807, 2.05) is 6.07 Å². The zero-order valence-corrected chi connectivity index (χ0v) is 11.2. The standard InChI is InChI=1S/C14H15NO5/c1-9-12(14(16)19-2)13(10-6-4-3-5-7-10)11(8-20-9)15(17)18/h3-7,11,13H,8H2,1-2H3/t11-,13+/m1/s1. The minimum absolute atomic E-state index is 0.0567. The van der Waals surface area contributed by atoms with Crippen LogP contribution in [0, 0.1) is 10.1 Å². The monoisotopic (exact) mass is 277 g/mol. The van der Waals surface area contributed by atoms with Crippen LogP contribution in [0.2, 0.25) is 0 Å². The van der Waals surface area contributed by atoms with Gasteiger partial charge in [0, 0.05) is 4.92 Å². The SMILES string of the molecule is COC(=O)C1=C(C)OC[C@@H]([N+](=O)[O-])[C@@H]1c1ccccc1. The third-order valence-electron chi connectivity index (χ3n) is 3.38. The average molecular weight is 277 g/mol. The minimum Gasteiger partial charge on any atom is -0.490 e. The number of hydrogen-bond donors (Lipinski definition) is 0. The second-order valence-corrected chi connectivity index (χ2v) is 4.51. The first-order valence-corrected chi connectivity index (χ1v) is 6.16. The second kappa shape index (κ2) is 5.73.